The van der Waals surface area contributed by atoms with Gasteiger partial charge in [-0.15, -0.1) is 0 Å². The Hall–Kier alpha value is -0.780. The fraction of sp³-hybridized carbons (Fsp3) is 0.455. The van der Waals surface area contributed by atoms with Crippen molar-refractivity contribution in [2.45, 2.75) is 24.8 Å². The van der Waals surface area contributed by atoms with Crippen molar-refractivity contribution in [1.82, 2.24) is 0 Å². The molecule has 0 spiro atoms. The van der Waals surface area contributed by atoms with Crippen LogP contribution in [0.5, 0.6) is 0 Å². The average molecular weight is 278 g/mol. The van der Waals surface area contributed by atoms with Crippen LogP contribution in [0.25, 0.3) is 0 Å². The maximum atomic E-state index is 11.9. The van der Waals surface area contributed by atoms with E-state index < -0.39 is 9.84 Å². The van der Waals surface area contributed by atoms with Crippen molar-refractivity contribution in [3.8, 4) is 0 Å². The van der Waals surface area contributed by atoms with Crippen molar-refractivity contribution < 1.29 is 13.2 Å². The third-order valence-electron chi connectivity index (χ3n) is 2.11. The first-order chi connectivity index (χ1) is 7.83. The Balaban J connectivity index is 2.83. The first kappa shape index (κ1) is 14.3. The monoisotopic (exact) mass is 277 g/mol. The number of nitrogen functional groups attached to an aromatic ring is 1. The topological polar surface area (TPSA) is 69.4 Å². The molecule has 0 saturated carbocycles. The molecule has 0 fully saturated rings. The standard InChI is InChI=1S/C11H16ClNO3S/c1-8(2)16-5-6-17(14,15)11-4-3-9(12)7-10(11)13/h3-4,7-8H,5-6,13H2,1-2H3. The van der Waals surface area contributed by atoms with Crippen molar-refractivity contribution in [3.63, 3.8) is 0 Å². The summed E-state index contributed by atoms with van der Waals surface area (Å²) in [4.78, 5) is 0.106. The molecular weight excluding hydrogens is 262 g/mol. The van der Waals surface area contributed by atoms with E-state index in [-0.39, 0.29) is 29.0 Å². The zero-order chi connectivity index (χ0) is 13.1. The summed E-state index contributed by atoms with van der Waals surface area (Å²) < 4.78 is 29.1. The molecule has 0 amide bonds. The largest absolute Gasteiger partial charge is 0.398 e. The van der Waals surface area contributed by atoms with Crippen molar-refractivity contribution in [3.05, 3.63) is 23.2 Å². The van der Waals surface area contributed by atoms with E-state index in [0.717, 1.165) is 0 Å². The molecule has 0 radical (unpaired) electrons. The SMILES string of the molecule is CC(C)OCCS(=O)(=O)c1ccc(Cl)cc1N. The normalized spacial score (nSPS) is 12.0. The van der Waals surface area contributed by atoms with E-state index in [4.69, 9.17) is 22.1 Å². The van der Waals surface area contributed by atoms with Crippen molar-refractivity contribution in [2.24, 2.45) is 0 Å². The molecule has 0 atom stereocenters. The van der Waals surface area contributed by atoms with Crippen LogP contribution in [0.2, 0.25) is 5.02 Å². The van der Waals surface area contributed by atoms with Crippen LogP contribution in [-0.4, -0.2) is 26.9 Å². The number of ether oxygens (including phenoxy) is 1. The number of anilines is 1. The summed E-state index contributed by atoms with van der Waals surface area (Å²) >= 11 is 5.71. The summed E-state index contributed by atoms with van der Waals surface area (Å²) in [6, 6.07) is 4.36. The van der Waals surface area contributed by atoms with Gasteiger partial charge in [0.25, 0.3) is 0 Å². The second-order valence-corrected chi connectivity index (χ2v) is 6.43. The van der Waals surface area contributed by atoms with Crippen molar-refractivity contribution in [1.29, 1.82) is 0 Å². The Morgan fingerprint density at radius 1 is 1.41 bits per heavy atom. The zero-order valence-electron chi connectivity index (χ0n) is 9.81. The second kappa shape index (κ2) is 5.71. The number of benzene rings is 1. The van der Waals surface area contributed by atoms with Gasteiger partial charge in [0.2, 0.25) is 0 Å². The number of halogens is 1. The Morgan fingerprint density at radius 2 is 2.06 bits per heavy atom. The van der Waals surface area contributed by atoms with Gasteiger partial charge in [-0.3, -0.25) is 0 Å². The summed E-state index contributed by atoms with van der Waals surface area (Å²) in [6.45, 7) is 3.86. The number of nitrogens with two attached hydrogens (primary N) is 1. The minimum Gasteiger partial charge on any atom is -0.398 e. The first-order valence-electron chi connectivity index (χ1n) is 5.22. The lowest BCUT2D eigenvalue weighted by Gasteiger charge is -2.10. The molecular formula is C11H16ClNO3S. The molecule has 96 valence electrons. The third-order valence-corrected chi connectivity index (χ3v) is 4.09. The minimum atomic E-state index is -3.41. The number of hydrogen-bond acceptors (Lipinski definition) is 4. The molecule has 0 saturated heterocycles. The van der Waals surface area contributed by atoms with Crippen LogP contribution >= 0.6 is 11.6 Å². The van der Waals surface area contributed by atoms with E-state index in [2.05, 4.69) is 0 Å². The molecule has 6 heteroatoms. The molecule has 0 aliphatic rings. The third kappa shape index (κ3) is 4.18. The lowest BCUT2D eigenvalue weighted by molar-refractivity contribution is 0.0912. The summed E-state index contributed by atoms with van der Waals surface area (Å²) in [6.07, 6.45) is 0.00719. The van der Waals surface area contributed by atoms with Gasteiger partial charge in [-0.05, 0) is 32.0 Å². The molecule has 2 N–H and O–H groups in total. The fourth-order valence-electron chi connectivity index (χ4n) is 1.31. The lowest BCUT2D eigenvalue weighted by Crippen LogP contribution is -2.16. The van der Waals surface area contributed by atoms with Gasteiger partial charge in [0.15, 0.2) is 9.84 Å². The molecule has 1 rings (SSSR count). The van der Waals surface area contributed by atoms with Gasteiger partial charge in [0.05, 0.1) is 29.0 Å². The molecule has 0 aliphatic carbocycles. The van der Waals surface area contributed by atoms with Gasteiger partial charge >= 0.3 is 0 Å². The Morgan fingerprint density at radius 3 is 2.59 bits per heavy atom. The van der Waals surface area contributed by atoms with Crippen molar-refractivity contribution >= 4 is 27.1 Å². The summed E-state index contributed by atoms with van der Waals surface area (Å²) in [5.41, 5.74) is 5.80. The van der Waals surface area contributed by atoms with Crippen LogP contribution < -0.4 is 5.73 Å². The van der Waals surface area contributed by atoms with Crippen LogP contribution in [0.4, 0.5) is 5.69 Å². The predicted octanol–water partition coefficient (Wildman–Crippen LogP) is 2.12. The molecule has 0 heterocycles. The number of rotatable bonds is 5. The smallest absolute Gasteiger partial charge is 0.182 e. The molecule has 0 aromatic heterocycles. The van der Waals surface area contributed by atoms with Gasteiger partial charge in [0.1, 0.15) is 0 Å². The molecule has 0 aliphatic heterocycles. The first-order valence-corrected chi connectivity index (χ1v) is 7.25. The highest BCUT2D eigenvalue weighted by atomic mass is 35.5. The van der Waals surface area contributed by atoms with Crippen LogP contribution in [0, 0.1) is 0 Å². The summed E-state index contributed by atoms with van der Waals surface area (Å²) in [5, 5.41) is 0.417. The van der Waals surface area contributed by atoms with Gasteiger partial charge in [0, 0.05) is 5.02 Å². The molecule has 4 nitrogen and oxygen atoms in total. The lowest BCUT2D eigenvalue weighted by atomic mass is 10.3. The van der Waals surface area contributed by atoms with Crippen molar-refractivity contribution in [2.75, 3.05) is 18.1 Å². The van der Waals surface area contributed by atoms with Gasteiger partial charge in [-0.25, -0.2) is 8.42 Å². The second-order valence-electron chi connectivity index (χ2n) is 3.92. The van der Waals surface area contributed by atoms with E-state index in [9.17, 15) is 8.42 Å². The highest BCUT2D eigenvalue weighted by Gasteiger charge is 2.17. The Labute approximate surface area is 107 Å². The van der Waals surface area contributed by atoms with E-state index in [1.165, 1.54) is 18.2 Å². The number of sulfone groups is 1. The zero-order valence-corrected chi connectivity index (χ0v) is 11.4. The predicted molar refractivity (Wildman–Crippen MR) is 69.0 cm³/mol. The quantitative estimate of drug-likeness (QED) is 0.837. The van der Waals surface area contributed by atoms with E-state index >= 15 is 0 Å². The van der Waals surface area contributed by atoms with Crippen LogP contribution in [0.15, 0.2) is 23.1 Å². The minimum absolute atomic E-state index is 0.00719. The average Bonchev–Trinajstić information content (AvgIpc) is 2.15. The maximum Gasteiger partial charge on any atom is 0.182 e. The molecule has 0 unspecified atom stereocenters. The summed E-state index contributed by atoms with van der Waals surface area (Å²) in [5.74, 6) is -0.0863. The molecule has 1 aromatic carbocycles. The summed E-state index contributed by atoms with van der Waals surface area (Å²) in [7, 11) is -3.41. The van der Waals surface area contributed by atoms with Crippen LogP contribution in [0.1, 0.15) is 13.8 Å². The van der Waals surface area contributed by atoms with Gasteiger partial charge in [-0.1, -0.05) is 11.6 Å². The van der Waals surface area contributed by atoms with Gasteiger partial charge < -0.3 is 10.5 Å². The molecule has 0 bridgehead atoms. The van der Waals surface area contributed by atoms with Gasteiger partial charge in [-0.2, -0.15) is 0 Å². The Bertz CT molecular complexity index is 485. The highest BCUT2D eigenvalue weighted by Crippen LogP contribution is 2.23. The van der Waals surface area contributed by atoms with Crippen LogP contribution in [0.3, 0.4) is 0 Å². The maximum absolute atomic E-state index is 11.9. The number of hydrogen-bond donors (Lipinski definition) is 1. The van der Waals surface area contributed by atoms with E-state index in [0.29, 0.717) is 5.02 Å². The Kier molecular flexibility index (Phi) is 4.80. The molecule has 17 heavy (non-hydrogen) atoms. The van der Waals surface area contributed by atoms with E-state index in [1.807, 2.05) is 13.8 Å². The van der Waals surface area contributed by atoms with Crippen LogP contribution in [-0.2, 0) is 14.6 Å². The highest BCUT2D eigenvalue weighted by molar-refractivity contribution is 7.91. The molecule has 1 aromatic rings. The van der Waals surface area contributed by atoms with E-state index in [1.54, 1.807) is 0 Å². The fourth-order valence-corrected chi connectivity index (χ4v) is 2.72.